The number of nitrogens with one attached hydrogen (secondary N) is 1. The highest BCUT2D eigenvalue weighted by molar-refractivity contribution is 5.87. The van der Waals surface area contributed by atoms with Gasteiger partial charge in [0.05, 0.1) is 19.3 Å². The Bertz CT molecular complexity index is 456. The van der Waals surface area contributed by atoms with Crippen molar-refractivity contribution in [3.8, 4) is 0 Å². The van der Waals surface area contributed by atoms with E-state index in [-0.39, 0.29) is 18.1 Å². The summed E-state index contributed by atoms with van der Waals surface area (Å²) in [5, 5.41) is 2.91. The fourth-order valence-electron chi connectivity index (χ4n) is 2.26. The molecule has 5 nitrogen and oxygen atoms in total. The van der Waals surface area contributed by atoms with Gasteiger partial charge >= 0.3 is 0 Å². The van der Waals surface area contributed by atoms with E-state index in [0.717, 1.165) is 18.6 Å². The molecule has 5 heteroatoms. The van der Waals surface area contributed by atoms with Crippen molar-refractivity contribution < 1.29 is 14.3 Å². The summed E-state index contributed by atoms with van der Waals surface area (Å²) in [6.07, 6.45) is 1.06. The van der Waals surface area contributed by atoms with Crippen molar-refractivity contribution in [1.82, 2.24) is 5.32 Å². The standard InChI is InChI=1S/C16H24N2O3/c1-12(10-21-14-8-9-20-11-14)18-15(19)16(2,17)13-6-4-3-5-7-13/h3-7,12,14H,8-11,17H2,1-2H3,(H,18,19). The number of carbonyl (C=O) groups is 1. The third-order valence-corrected chi connectivity index (χ3v) is 3.69. The molecule has 0 bridgehead atoms. The van der Waals surface area contributed by atoms with Gasteiger partial charge in [0.25, 0.3) is 0 Å². The first-order valence-electron chi connectivity index (χ1n) is 7.35. The Balaban J connectivity index is 1.84. The van der Waals surface area contributed by atoms with E-state index in [1.165, 1.54) is 0 Å². The predicted octanol–water partition coefficient (Wildman–Crippen LogP) is 1.17. The smallest absolute Gasteiger partial charge is 0.244 e. The Kier molecular flexibility index (Phi) is 5.33. The van der Waals surface area contributed by atoms with Crippen LogP contribution in [0.15, 0.2) is 30.3 Å². The molecule has 3 atom stereocenters. The highest BCUT2D eigenvalue weighted by Gasteiger charge is 2.31. The maximum atomic E-state index is 12.4. The Hall–Kier alpha value is -1.43. The van der Waals surface area contributed by atoms with Gasteiger partial charge in [-0.25, -0.2) is 0 Å². The Labute approximate surface area is 125 Å². The van der Waals surface area contributed by atoms with Crippen LogP contribution in [-0.4, -0.2) is 37.9 Å². The largest absolute Gasteiger partial charge is 0.379 e. The zero-order chi connectivity index (χ0) is 15.3. The van der Waals surface area contributed by atoms with Crippen molar-refractivity contribution in [1.29, 1.82) is 0 Å². The van der Waals surface area contributed by atoms with Crippen molar-refractivity contribution in [3.63, 3.8) is 0 Å². The summed E-state index contributed by atoms with van der Waals surface area (Å²) in [6, 6.07) is 9.27. The highest BCUT2D eigenvalue weighted by Crippen LogP contribution is 2.17. The summed E-state index contributed by atoms with van der Waals surface area (Å²) in [5.41, 5.74) is 5.92. The maximum Gasteiger partial charge on any atom is 0.244 e. The molecule has 3 N–H and O–H groups in total. The molecule has 2 rings (SSSR count). The summed E-state index contributed by atoms with van der Waals surface area (Å²) in [4.78, 5) is 12.4. The normalized spacial score (nSPS) is 22.5. The molecular formula is C16H24N2O3. The SMILES string of the molecule is CC(COC1CCOC1)NC(=O)C(C)(N)c1ccccc1. The van der Waals surface area contributed by atoms with Crippen LogP contribution in [-0.2, 0) is 19.8 Å². The number of carbonyl (C=O) groups excluding carboxylic acids is 1. The van der Waals surface area contributed by atoms with E-state index in [4.69, 9.17) is 15.2 Å². The lowest BCUT2D eigenvalue weighted by Gasteiger charge is -2.26. The van der Waals surface area contributed by atoms with Gasteiger partial charge in [0.15, 0.2) is 0 Å². The highest BCUT2D eigenvalue weighted by atomic mass is 16.5. The second-order valence-corrected chi connectivity index (χ2v) is 5.76. The van der Waals surface area contributed by atoms with Gasteiger partial charge in [-0.2, -0.15) is 0 Å². The number of nitrogens with two attached hydrogens (primary N) is 1. The Morgan fingerprint density at radius 3 is 2.86 bits per heavy atom. The van der Waals surface area contributed by atoms with E-state index in [1.807, 2.05) is 37.3 Å². The monoisotopic (exact) mass is 292 g/mol. The number of benzene rings is 1. The molecule has 1 aromatic carbocycles. The van der Waals surface area contributed by atoms with Gasteiger partial charge in [0.1, 0.15) is 5.54 Å². The van der Waals surface area contributed by atoms with Gasteiger partial charge in [0, 0.05) is 12.6 Å². The van der Waals surface area contributed by atoms with Crippen molar-refractivity contribution in [2.75, 3.05) is 19.8 Å². The summed E-state index contributed by atoms with van der Waals surface area (Å²) in [7, 11) is 0. The first-order chi connectivity index (χ1) is 10.00. The zero-order valence-corrected chi connectivity index (χ0v) is 12.7. The lowest BCUT2D eigenvalue weighted by atomic mass is 9.92. The first-order valence-corrected chi connectivity index (χ1v) is 7.35. The van der Waals surface area contributed by atoms with Crippen molar-refractivity contribution in [3.05, 3.63) is 35.9 Å². The van der Waals surface area contributed by atoms with Crippen LogP contribution < -0.4 is 11.1 Å². The summed E-state index contributed by atoms with van der Waals surface area (Å²) in [5.74, 6) is -0.201. The average molecular weight is 292 g/mol. The molecule has 0 aromatic heterocycles. The van der Waals surface area contributed by atoms with Crippen LogP contribution in [0, 0.1) is 0 Å². The van der Waals surface area contributed by atoms with E-state index in [2.05, 4.69) is 5.32 Å². The van der Waals surface area contributed by atoms with Crippen molar-refractivity contribution in [2.24, 2.45) is 5.73 Å². The minimum atomic E-state index is -1.05. The second-order valence-electron chi connectivity index (χ2n) is 5.76. The number of ether oxygens (including phenoxy) is 2. The molecular weight excluding hydrogens is 268 g/mol. The molecule has 1 amide bonds. The lowest BCUT2D eigenvalue weighted by molar-refractivity contribution is -0.127. The zero-order valence-electron chi connectivity index (χ0n) is 12.7. The molecule has 0 saturated carbocycles. The Morgan fingerprint density at radius 2 is 2.24 bits per heavy atom. The minimum absolute atomic E-state index is 0.0929. The van der Waals surface area contributed by atoms with Crippen LogP contribution in [0.5, 0.6) is 0 Å². The summed E-state index contributed by atoms with van der Waals surface area (Å²) in [6.45, 7) is 5.48. The topological polar surface area (TPSA) is 73.6 Å². The van der Waals surface area contributed by atoms with Crippen molar-refractivity contribution in [2.45, 2.75) is 38.0 Å². The fraction of sp³-hybridized carbons (Fsp3) is 0.562. The molecule has 116 valence electrons. The van der Waals surface area contributed by atoms with Gasteiger partial charge in [0.2, 0.25) is 5.91 Å². The predicted molar refractivity (Wildman–Crippen MR) is 80.8 cm³/mol. The van der Waals surface area contributed by atoms with Crippen LogP contribution in [0.3, 0.4) is 0 Å². The second kappa shape index (κ2) is 7.02. The molecule has 0 spiro atoms. The fourth-order valence-corrected chi connectivity index (χ4v) is 2.26. The Morgan fingerprint density at radius 1 is 1.52 bits per heavy atom. The summed E-state index contributed by atoms with van der Waals surface area (Å²) < 4.78 is 11.0. The average Bonchev–Trinajstić information content (AvgIpc) is 2.99. The molecule has 1 fully saturated rings. The molecule has 21 heavy (non-hydrogen) atoms. The van der Waals surface area contributed by atoms with Gasteiger partial charge in [-0.1, -0.05) is 30.3 Å². The van der Waals surface area contributed by atoms with Crippen LogP contribution in [0.25, 0.3) is 0 Å². The quantitative estimate of drug-likeness (QED) is 0.825. The number of hydrogen-bond acceptors (Lipinski definition) is 4. The van der Waals surface area contributed by atoms with E-state index < -0.39 is 5.54 Å². The van der Waals surface area contributed by atoms with E-state index in [9.17, 15) is 4.79 Å². The number of hydrogen-bond donors (Lipinski definition) is 2. The molecule has 1 heterocycles. The summed E-state index contributed by atoms with van der Waals surface area (Å²) >= 11 is 0. The number of amides is 1. The number of rotatable bonds is 6. The molecule has 1 aliphatic heterocycles. The third-order valence-electron chi connectivity index (χ3n) is 3.69. The van der Waals surface area contributed by atoms with E-state index >= 15 is 0 Å². The van der Waals surface area contributed by atoms with Crippen LogP contribution in [0.4, 0.5) is 0 Å². The molecule has 1 aromatic rings. The molecule has 1 saturated heterocycles. The molecule has 1 aliphatic rings. The maximum absolute atomic E-state index is 12.4. The first kappa shape index (κ1) is 15.9. The molecule has 3 unspecified atom stereocenters. The van der Waals surface area contributed by atoms with Crippen LogP contribution in [0.1, 0.15) is 25.8 Å². The van der Waals surface area contributed by atoms with E-state index in [1.54, 1.807) is 6.92 Å². The third kappa shape index (κ3) is 4.27. The van der Waals surface area contributed by atoms with Crippen LogP contribution in [0.2, 0.25) is 0 Å². The molecule has 0 radical (unpaired) electrons. The van der Waals surface area contributed by atoms with Crippen LogP contribution >= 0.6 is 0 Å². The van der Waals surface area contributed by atoms with Gasteiger partial charge in [-0.05, 0) is 25.8 Å². The van der Waals surface area contributed by atoms with Gasteiger partial charge < -0.3 is 20.5 Å². The molecule has 0 aliphatic carbocycles. The van der Waals surface area contributed by atoms with Crippen molar-refractivity contribution >= 4 is 5.91 Å². The van der Waals surface area contributed by atoms with Gasteiger partial charge in [-0.15, -0.1) is 0 Å². The van der Waals surface area contributed by atoms with Gasteiger partial charge in [-0.3, -0.25) is 4.79 Å². The van der Waals surface area contributed by atoms with E-state index in [0.29, 0.717) is 13.2 Å². The lowest BCUT2D eigenvalue weighted by Crippen LogP contribution is -2.52. The minimum Gasteiger partial charge on any atom is -0.379 e.